The third kappa shape index (κ3) is 3.49. The van der Waals surface area contributed by atoms with Gasteiger partial charge < -0.3 is 10.1 Å². The van der Waals surface area contributed by atoms with Crippen LogP contribution in [-0.4, -0.2) is 29.8 Å². The summed E-state index contributed by atoms with van der Waals surface area (Å²) in [6, 6.07) is 13.0. The summed E-state index contributed by atoms with van der Waals surface area (Å²) in [5.41, 5.74) is 1.85. The number of carbonyl (C=O) groups excluding carboxylic acids is 4. The van der Waals surface area contributed by atoms with Crippen LogP contribution < -0.4 is 10.2 Å². The molecule has 7 heteroatoms. The minimum absolute atomic E-state index is 0.113. The Kier molecular flexibility index (Phi) is 4.91. The van der Waals surface area contributed by atoms with Gasteiger partial charge in [-0.2, -0.15) is 0 Å². The van der Waals surface area contributed by atoms with Crippen LogP contribution in [0.1, 0.15) is 41.0 Å². The Morgan fingerprint density at radius 1 is 0.857 bits per heavy atom. The molecule has 0 aromatic heterocycles. The van der Waals surface area contributed by atoms with Crippen molar-refractivity contribution in [1.29, 1.82) is 0 Å². The zero-order chi connectivity index (χ0) is 24.4. The number of rotatable bonds is 5. The Hall–Kier alpha value is -3.74. The summed E-state index contributed by atoms with van der Waals surface area (Å²) >= 11 is 0. The lowest BCUT2D eigenvalue weighted by molar-refractivity contribution is -0.124. The molecule has 6 atom stereocenters. The lowest BCUT2D eigenvalue weighted by Gasteiger charge is -2.37. The normalized spacial score (nSPS) is 29.7. The van der Waals surface area contributed by atoms with E-state index in [4.69, 9.17) is 4.74 Å². The van der Waals surface area contributed by atoms with E-state index in [0.717, 1.165) is 6.42 Å². The lowest BCUT2D eigenvalue weighted by atomic mass is 9.63. The van der Waals surface area contributed by atoms with Gasteiger partial charge in [-0.25, -0.2) is 4.79 Å². The molecule has 178 valence electrons. The standard InChI is InChI=1S/C28H26N2O5/c1-14(2)35-28(34)16-3-7-17(8-4-16)29-25(31)15-5-9-18(10-6-15)30-26(32)23-19-11-12-20(22-13-21(19)22)24(23)27(30)33/h3-12,14,19-24H,13H2,1-2H3,(H,29,31)/t19-,20+,21-,22-,23+,24+/m1/s1. The lowest BCUT2D eigenvalue weighted by Crippen LogP contribution is -2.40. The predicted molar refractivity (Wildman–Crippen MR) is 129 cm³/mol. The minimum Gasteiger partial charge on any atom is -0.459 e. The van der Waals surface area contributed by atoms with Crippen molar-refractivity contribution < 1.29 is 23.9 Å². The van der Waals surface area contributed by atoms with E-state index in [1.165, 1.54) is 4.90 Å². The number of esters is 1. The Labute approximate surface area is 203 Å². The predicted octanol–water partition coefficient (Wildman–Crippen LogP) is 4.06. The summed E-state index contributed by atoms with van der Waals surface area (Å²) in [5.74, 6) is 0.0170. The van der Waals surface area contributed by atoms with Gasteiger partial charge in [-0.3, -0.25) is 19.3 Å². The highest BCUT2D eigenvalue weighted by molar-refractivity contribution is 6.22. The van der Waals surface area contributed by atoms with Gasteiger partial charge >= 0.3 is 5.97 Å². The van der Waals surface area contributed by atoms with Crippen LogP contribution in [0, 0.1) is 35.5 Å². The number of hydrogen-bond donors (Lipinski definition) is 1. The average Bonchev–Trinajstić information content (AvgIpc) is 3.62. The number of allylic oxidation sites excluding steroid dienone is 2. The molecular formula is C28H26N2O5. The van der Waals surface area contributed by atoms with Crippen LogP contribution >= 0.6 is 0 Å². The van der Waals surface area contributed by atoms with Crippen molar-refractivity contribution in [2.75, 3.05) is 10.2 Å². The second-order valence-corrected chi connectivity index (χ2v) is 10.2. The van der Waals surface area contributed by atoms with Crippen molar-refractivity contribution in [3.63, 3.8) is 0 Å². The van der Waals surface area contributed by atoms with Gasteiger partial charge in [-0.15, -0.1) is 0 Å². The van der Waals surface area contributed by atoms with Crippen LogP contribution in [0.4, 0.5) is 11.4 Å². The molecule has 0 unspecified atom stereocenters. The van der Waals surface area contributed by atoms with Crippen molar-refractivity contribution in [2.24, 2.45) is 35.5 Å². The maximum atomic E-state index is 13.3. The summed E-state index contributed by atoms with van der Waals surface area (Å²) in [7, 11) is 0. The highest BCUT2D eigenvalue weighted by Gasteiger charge is 2.67. The third-order valence-electron chi connectivity index (χ3n) is 7.77. The molecule has 4 aliphatic carbocycles. The van der Waals surface area contributed by atoms with Crippen LogP contribution in [0.3, 0.4) is 0 Å². The topological polar surface area (TPSA) is 92.8 Å². The number of anilines is 2. The second-order valence-electron chi connectivity index (χ2n) is 10.2. The molecular weight excluding hydrogens is 444 g/mol. The third-order valence-corrected chi connectivity index (χ3v) is 7.77. The molecule has 3 fully saturated rings. The first-order valence-electron chi connectivity index (χ1n) is 12.1. The van der Waals surface area contributed by atoms with Crippen molar-refractivity contribution in [3.05, 3.63) is 71.8 Å². The average molecular weight is 471 g/mol. The van der Waals surface area contributed by atoms with Crippen molar-refractivity contribution >= 4 is 35.1 Å². The van der Waals surface area contributed by atoms with E-state index >= 15 is 0 Å². The van der Waals surface area contributed by atoms with E-state index < -0.39 is 5.97 Å². The Morgan fingerprint density at radius 3 is 1.94 bits per heavy atom. The molecule has 0 spiro atoms. The first-order chi connectivity index (χ1) is 16.8. The summed E-state index contributed by atoms with van der Waals surface area (Å²) in [6.45, 7) is 3.56. The molecule has 3 amide bonds. The van der Waals surface area contributed by atoms with Crippen molar-refractivity contribution in [3.8, 4) is 0 Å². The highest BCUT2D eigenvalue weighted by Crippen LogP contribution is 2.65. The zero-order valence-electron chi connectivity index (χ0n) is 19.5. The van der Waals surface area contributed by atoms with Gasteiger partial charge in [0.05, 0.1) is 29.2 Å². The minimum atomic E-state index is -0.417. The van der Waals surface area contributed by atoms with Crippen LogP contribution in [0.5, 0.6) is 0 Å². The fourth-order valence-electron chi connectivity index (χ4n) is 6.15. The van der Waals surface area contributed by atoms with E-state index in [1.54, 1.807) is 62.4 Å². The number of carbonyl (C=O) groups is 4. The highest BCUT2D eigenvalue weighted by atomic mass is 16.5. The molecule has 1 saturated heterocycles. The van der Waals surface area contributed by atoms with Crippen LogP contribution in [-0.2, 0) is 14.3 Å². The van der Waals surface area contributed by atoms with Gasteiger partial charge in [-0.1, -0.05) is 12.2 Å². The zero-order valence-corrected chi connectivity index (χ0v) is 19.5. The molecule has 2 saturated carbocycles. The summed E-state index contributed by atoms with van der Waals surface area (Å²) in [4.78, 5) is 52.5. The number of amides is 3. The van der Waals surface area contributed by atoms with Crippen LogP contribution in [0.15, 0.2) is 60.7 Å². The molecule has 7 rings (SSSR count). The van der Waals surface area contributed by atoms with Gasteiger partial charge in [0.2, 0.25) is 11.8 Å². The van der Waals surface area contributed by atoms with Crippen LogP contribution in [0.2, 0.25) is 0 Å². The fourth-order valence-corrected chi connectivity index (χ4v) is 6.15. The molecule has 1 N–H and O–H groups in total. The second kappa shape index (κ2) is 7.90. The van der Waals surface area contributed by atoms with Gasteiger partial charge in [0.25, 0.3) is 5.91 Å². The number of ether oxygens (including phenoxy) is 1. The Bertz CT molecular complexity index is 1230. The Morgan fingerprint density at radius 2 is 1.40 bits per heavy atom. The van der Waals surface area contributed by atoms with Crippen molar-refractivity contribution in [1.82, 2.24) is 0 Å². The van der Waals surface area contributed by atoms with E-state index in [9.17, 15) is 19.2 Å². The maximum Gasteiger partial charge on any atom is 0.338 e. The molecule has 2 bridgehead atoms. The van der Waals surface area contributed by atoms with E-state index in [0.29, 0.717) is 34.3 Å². The summed E-state index contributed by atoms with van der Waals surface area (Å²) in [6.07, 6.45) is 5.23. The monoisotopic (exact) mass is 470 g/mol. The molecule has 2 aromatic rings. The van der Waals surface area contributed by atoms with Gasteiger partial charge in [0.1, 0.15) is 0 Å². The quantitative estimate of drug-likeness (QED) is 0.404. The number of hydrogen-bond acceptors (Lipinski definition) is 5. The molecule has 7 nitrogen and oxygen atoms in total. The van der Waals surface area contributed by atoms with E-state index in [2.05, 4.69) is 17.5 Å². The molecule has 0 radical (unpaired) electrons. The molecule has 1 heterocycles. The van der Waals surface area contributed by atoms with E-state index in [-0.39, 0.29) is 47.5 Å². The maximum absolute atomic E-state index is 13.3. The number of nitrogens with zero attached hydrogens (tertiary/aromatic N) is 1. The van der Waals surface area contributed by atoms with Gasteiger partial charge in [0, 0.05) is 11.3 Å². The van der Waals surface area contributed by atoms with E-state index in [1.807, 2.05) is 0 Å². The summed E-state index contributed by atoms with van der Waals surface area (Å²) < 4.78 is 5.17. The van der Waals surface area contributed by atoms with Gasteiger partial charge in [0.15, 0.2) is 0 Å². The largest absolute Gasteiger partial charge is 0.459 e. The smallest absolute Gasteiger partial charge is 0.338 e. The number of imide groups is 1. The molecule has 5 aliphatic rings. The first-order valence-corrected chi connectivity index (χ1v) is 12.1. The SMILES string of the molecule is CC(C)OC(=O)c1ccc(NC(=O)c2ccc(N3C(=O)[C@H]4[C@@H]5C=C[C@@H]([C@H]6C[C@H]56)[C@@H]4C3=O)cc2)cc1. The number of benzene rings is 2. The van der Waals surface area contributed by atoms with Crippen LogP contribution in [0.25, 0.3) is 0 Å². The molecule has 1 aliphatic heterocycles. The van der Waals surface area contributed by atoms with Gasteiger partial charge in [-0.05, 0) is 92.5 Å². The number of nitrogens with one attached hydrogen (secondary N) is 1. The molecule has 2 aromatic carbocycles. The fraction of sp³-hybridized carbons (Fsp3) is 0.357. The molecule has 35 heavy (non-hydrogen) atoms. The van der Waals surface area contributed by atoms with Crippen molar-refractivity contribution in [2.45, 2.75) is 26.4 Å². The summed E-state index contributed by atoms with van der Waals surface area (Å²) in [5, 5.41) is 2.80. The Balaban J connectivity index is 1.14. The first kappa shape index (κ1) is 21.8.